The van der Waals surface area contributed by atoms with Crippen LogP contribution in [0.1, 0.15) is 6.92 Å². The second-order valence-electron chi connectivity index (χ2n) is 2.03. The zero-order valence-electron chi connectivity index (χ0n) is 4.85. The van der Waals surface area contributed by atoms with Gasteiger partial charge in [-0.25, -0.2) is 5.48 Å². The number of carbonyl (C=O) groups is 1. The van der Waals surface area contributed by atoms with Crippen molar-refractivity contribution >= 4 is 28.5 Å². The lowest BCUT2D eigenvalue weighted by Gasteiger charge is -2.14. The third kappa shape index (κ3) is 1.17. The van der Waals surface area contributed by atoms with Crippen LogP contribution in [-0.2, 0) is 9.63 Å². The molecule has 5 heteroatoms. The summed E-state index contributed by atoms with van der Waals surface area (Å²) in [6.07, 6.45) is 0. The van der Waals surface area contributed by atoms with Crippen LogP contribution in [0.4, 0.5) is 0 Å². The van der Waals surface area contributed by atoms with Crippen molar-refractivity contribution in [2.75, 3.05) is 0 Å². The highest BCUT2D eigenvalue weighted by molar-refractivity contribution is 14.1. The molecule has 1 heterocycles. The summed E-state index contributed by atoms with van der Waals surface area (Å²) in [6.45, 7) is 1.75. The van der Waals surface area contributed by atoms with Crippen LogP contribution in [0.25, 0.3) is 0 Å². The fourth-order valence-electron chi connectivity index (χ4n) is 0.511. The number of nitrogens with two attached hydrogens (primary N) is 1. The second kappa shape index (κ2) is 2.06. The average Bonchev–Trinajstić information content (AvgIpc) is 1.97. The van der Waals surface area contributed by atoms with Gasteiger partial charge in [0.25, 0.3) is 5.91 Å². The molecule has 0 spiro atoms. The maximum atomic E-state index is 10.6. The van der Waals surface area contributed by atoms with Gasteiger partial charge in [0, 0.05) is 0 Å². The number of hydrogen-bond acceptors (Lipinski definition) is 3. The van der Waals surface area contributed by atoms with Crippen LogP contribution in [-0.4, -0.2) is 15.6 Å². The molecule has 1 aliphatic heterocycles. The first-order valence-electron chi connectivity index (χ1n) is 2.46. The van der Waals surface area contributed by atoms with Gasteiger partial charge in [0.1, 0.15) is 6.04 Å². The largest absolute Gasteiger partial charge is 0.317 e. The number of nitrogens with one attached hydrogen (secondary N) is 1. The lowest BCUT2D eigenvalue weighted by Crippen LogP contribution is -2.41. The quantitative estimate of drug-likeness (QED) is 0.445. The maximum Gasteiger partial charge on any atom is 0.264 e. The monoisotopic (exact) mass is 242 g/mol. The van der Waals surface area contributed by atoms with Gasteiger partial charge in [0.2, 0.25) is 0 Å². The van der Waals surface area contributed by atoms with Crippen LogP contribution in [0, 0.1) is 0 Å². The van der Waals surface area contributed by atoms with Crippen molar-refractivity contribution in [3.05, 3.63) is 0 Å². The van der Waals surface area contributed by atoms with Crippen LogP contribution < -0.4 is 11.2 Å². The van der Waals surface area contributed by atoms with Crippen molar-refractivity contribution in [3.63, 3.8) is 0 Å². The van der Waals surface area contributed by atoms with E-state index >= 15 is 0 Å². The Balaban J connectivity index is 2.73. The molecular weight excluding hydrogens is 235 g/mol. The third-order valence-electron chi connectivity index (χ3n) is 1.19. The molecule has 2 unspecified atom stereocenters. The Morgan fingerprint density at radius 3 is 2.67 bits per heavy atom. The number of rotatable bonds is 0. The summed E-state index contributed by atoms with van der Waals surface area (Å²) in [5.41, 5.74) is 7.60. The highest BCUT2D eigenvalue weighted by Crippen LogP contribution is 2.25. The normalized spacial score (nSPS) is 43.0. The Kier molecular flexibility index (Phi) is 1.66. The molecule has 1 amide bonds. The minimum Gasteiger partial charge on any atom is -0.317 e. The summed E-state index contributed by atoms with van der Waals surface area (Å²) >= 11 is 1.98. The van der Waals surface area contributed by atoms with Gasteiger partial charge in [-0.05, 0) is 29.5 Å². The Morgan fingerprint density at radius 2 is 2.56 bits per heavy atom. The van der Waals surface area contributed by atoms with Crippen molar-refractivity contribution < 1.29 is 9.63 Å². The molecular formula is C4H7IN2O2. The Morgan fingerprint density at radius 1 is 2.00 bits per heavy atom. The van der Waals surface area contributed by atoms with Crippen LogP contribution in [0.5, 0.6) is 0 Å². The standard InChI is InChI=1S/C4H7IN2O2/c1-4(5)2(6)3(8)7-9-4/h2H,6H2,1H3,(H,7,8). The zero-order valence-corrected chi connectivity index (χ0v) is 7.01. The van der Waals surface area contributed by atoms with Crippen LogP contribution >= 0.6 is 22.6 Å². The molecule has 0 saturated carbocycles. The lowest BCUT2D eigenvalue weighted by molar-refractivity contribution is -0.125. The van der Waals surface area contributed by atoms with Crippen molar-refractivity contribution in [2.45, 2.75) is 16.6 Å². The molecule has 1 rings (SSSR count). The molecule has 52 valence electrons. The minimum absolute atomic E-state index is 0.257. The smallest absolute Gasteiger partial charge is 0.264 e. The molecule has 1 aliphatic rings. The molecule has 0 aromatic rings. The lowest BCUT2D eigenvalue weighted by atomic mass is 10.2. The van der Waals surface area contributed by atoms with Gasteiger partial charge in [-0.3, -0.25) is 9.63 Å². The molecule has 4 nitrogen and oxygen atoms in total. The topological polar surface area (TPSA) is 64.3 Å². The Bertz CT molecular complexity index is 148. The van der Waals surface area contributed by atoms with Crippen molar-refractivity contribution in [1.82, 2.24) is 5.48 Å². The van der Waals surface area contributed by atoms with Crippen LogP contribution in [0.3, 0.4) is 0 Å². The first-order chi connectivity index (χ1) is 4.04. The summed E-state index contributed by atoms with van der Waals surface area (Å²) in [5, 5.41) is 0. The van der Waals surface area contributed by atoms with E-state index in [-0.39, 0.29) is 5.91 Å². The SMILES string of the molecule is CC1(I)ONC(=O)C1N. The number of hydrogen-bond donors (Lipinski definition) is 2. The van der Waals surface area contributed by atoms with E-state index in [1.165, 1.54) is 0 Å². The summed E-state index contributed by atoms with van der Waals surface area (Å²) in [6, 6.07) is -0.557. The predicted molar refractivity (Wildman–Crippen MR) is 39.6 cm³/mol. The first kappa shape index (κ1) is 7.23. The van der Waals surface area contributed by atoms with Gasteiger partial charge in [-0.2, -0.15) is 0 Å². The summed E-state index contributed by atoms with van der Waals surface area (Å²) in [7, 11) is 0. The van der Waals surface area contributed by atoms with E-state index in [1.54, 1.807) is 6.92 Å². The van der Waals surface area contributed by atoms with Crippen LogP contribution in [0.2, 0.25) is 0 Å². The molecule has 0 radical (unpaired) electrons. The summed E-state index contributed by atoms with van der Waals surface area (Å²) in [4.78, 5) is 15.5. The van der Waals surface area contributed by atoms with Gasteiger partial charge >= 0.3 is 0 Å². The third-order valence-corrected chi connectivity index (χ3v) is 2.08. The van der Waals surface area contributed by atoms with E-state index in [1.807, 2.05) is 22.6 Å². The van der Waals surface area contributed by atoms with Gasteiger partial charge in [-0.1, -0.05) is 0 Å². The number of halogens is 1. The fourth-order valence-corrected chi connectivity index (χ4v) is 0.904. The summed E-state index contributed by atoms with van der Waals surface area (Å²) in [5.74, 6) is -0.257. The van der Waals surface area contributed by atoms with Gasteiger partial charge in [0.05, 0.1) is 0 Å². The molecule has 1 fully saturated rings. The minimum atomic E-state index is -0.588. The zero-order chi connectivity index (χ0) is 7.07. The van der Waals surface area contributed by atoms with Crippen molar-refractivity contribution in [1.29, 1.82) is 0 Å². The molecule has 9 heavy (non-hydrogen) atoms. The first-order valence-corrected chi connectivity index (χ1v) is 3.54. The van der Waals surface area contributed by atoms with E-state index in [0.29, 0.717) is 0 Å². The van der Waals surface area contributed by atoms with E-state index in [2.05, 4.69) is 5.48 Å². The average molecular weight is 242 g/mol. The van der Waals surface area contributed by atoms with E-state index in [0.717, 1.165) is 0 Å². The van der Waals surface area contributed by atoms with E-state index in [4.69, 9.17) is 10.6 Å². The van der Waals surface area contributed by atoms with Crippen molar-refractivity contribution in [3.8, 4) is 0 Å². The number of alkyl halides is 1. The molecule has 0 aromatic heterocycles. The highest BCUT2D eigenvalue weighted by atomic mass is 127. The van der Waals surface area contributed by atoms with Crippen LogP contribution in [0.15, 0.2) is 0 Å². The van der Waals surface area contributed by atoms with Gasteiger partial charge < -0.3 is 5.73 Å². The van der Waals surface area contributed by atoms with E-state index < -0.39 is 9.65 Å². The van der Waals surface area contributed by atoms with Gasteiger partial charge in [0.15, 0.2) is 3.61 Å². The maximum absolute atomic E-state index is 10.6. The number of carbonyl (C=O) groups excluding carboxylic acids is 1. The predicted octanol–water partition coefficient (Wildman–Crippen LogP) is -0.474. The molecule has 1 saturated heterocycles. The highest BCUT2D eigenvalue weighted by Gasteiger charge is 2.42. The fraction of sp³-hybridized carbons (Fsp3) is 0.750. The molecule has 3 N–H and O–H groups in total. The second-order valence-corrected chi connectivity index (χ2v) is 4.17. The number of amides is 1. The molecule has 0 aliphatic carbocycles. The molecule has 2 atom stereocenters. The van der Waals surface area contributed by atoms with Crippen molar-refractivity contribution in [2.24, 2.45) is 5.73 Å². The molecule has 0 bridgehead atoms. The van der Waals surface area contributed by atoms with E-state index in [9.17, 15) is 4.79 Å². The Labute approximate surface area is 66.2 Å². The Hall–Kier alpha value is 0.120. The number of hydroxylamine groups is 1. The van der Waals surface area contributed by atoms with Gasteiger partial charge in [-0.15, -0.1) is 0 Å². The molecule has 0 aromatic carbocycles. The summed E-state index contributed by atoms with van der Waals surface area (Å²) < 4.78 is -0.588.